The van der Waals surface area contributed by atoms with Gasteiger partial charge in [0.15, 0.2) is 0 Å². The molecule has 0 aliphatic carbocycles. The molecular formula is C18H20ClF3N2OS. The molecule has 0 saturated heterocycles. The third kappa shape index (κ3) is 4.45. The van der Waals surface area contributed by atoms with Crippen LogP contribution in [0.15, 0.2) is 40.0 Å². The fraction of sp³-hybridized carbons (Fsp3) is 0.389. The van der Waals surface area contributed by atoms with Gasteiger partial charge in [0.1, 0.15) is 6.04 Å². The molecular weight excluding hydrogens is 385 g/mol. The first-order chi connectivity index (χ1) is 12.1. The molecule has 0 fully saturated rings. The van der Waals surface area contributed by atoms with Crippen LogP contribution in [0.2, 0.25) is 5.02 Å². The van der Waals surface area contributed by atoms with Crippen LogP contribution in [0.1, 0.15) is 29.8 Å². The molecule has 1 aromatic heterocycles. The number of halogens is 4. The highest BCUT2D eigenvalue weighted by atomic mass is 35.5. The third-order valence-corrected chi connectivity index (χ3v) is 5.73. The maximum Gasteiger partial charge on any atom is 0.408 e. The molecule has 3 nitrogen and oxygen atoms in total. The fourth-order valence-corrected chi connectivity index (χ4v) is 3.98. The van der Waals surface area contributed by atoms with Crippen LogP contribution >= 0.6 is 23.5 Å². The third-order valence-electron chi connectivity index (χ3n) is 4.16. The van der Waals surface area contributed by atoms with Gasteiger partial charge in [-0.05, 0) is 49.6 Å². The molecule has 2 rings (SSSR count). The van der Waals surface area contributed by atoms with Gasteiger partial charge in [0.25, 0.3) is 5.56 Å². The zero-order chi connectivity index (χ0) is 19.6. The molecule has 1 heterocycles. The van der Waals surface area contributed by atoms with E-state index in [9.17, 15) is 18.0 Å². The van der Waals surface area contributed by atoms with Crippen LogP contribution in [0.5, 0.6) is 0 Å². The molecule has 0 spiro atoms. The van der Waals surface area contributed by atoms with Gasteiger partial charge < -0.3 is 4.57 Å². The molecule has 26 heavy (non-hydrogen) atoms. The summed E-state index contributed by atoms with van der Waals surface area (Å²) in [5.74, 6) is 0. The zero-order valence-electron chi connectivity index (χ0n) is 14.9. The Balaban J connectivity index is 2.47. The SMILES string of the molecule is CCN(Sc1cc(C)c(=O)n(C)c1C)[C@H](c1ccc(Cl)cc1)C(F)(F)F. The second-order valence-corrected chi connectivity index (χ2v) is 7.49. The van der Waals surface area contributed by atoms with Crippen LogP contribution in [0.3, 0.4) is 0 Å². The summed E-state index contributed by atoms with van der Waals surface area (Å²) in [7, 11) is 1.62. The van der Waals surface area contributed by atoms with Crippen molar-refractivity contribution in [2.45, 2.75) is 37.9 Å². The molecule has 142 valence electrons. The molecule has 0 saturated carbocycles. The number of benzene rings is 1. The van der Waals surface area contributed by atoms with Crippen LogP contribution in [-0.2, 0) is 7.05 Å². The van der Waals surface area contributed by atoms with Gasteiger partial charge in [-0.3, -0.25) is 4.79 Å². The number of aryl methyl sites for hydroxylation is 1. The zero-order valence-corrected chi connectivity index (χ0v) is 16.5. The Morgan fingerprint density at radius 1 is 1.23 bits per heavy atom. The van der Waals surface area contributed by atoms with Gasteiger partial charge in [-0.2, -0.15) is 13.2 Å². The Labute approximate surface area is 159 Å². The molecule has 1 atom stereocenters. The topological polar surface area (TPSA) is 25.2 Å². The lowest BCUT2D eigenvalue weighted by Crippen LogP contribution is -2.34. The van der Waals surface area contributed by atoms with Crippen molar-refractivity contribution in [3.05, 3.63) is 62.5 Å². The number of hydrogen-bond acceptors (Lipinski definition) is 3. The summed E-state index contributed by atoms with van der Waals surface area (Å²) in [4.78, 5) is 12.6. The van der Waals surface area contributed by atoms with Gasteiger partial charge in [-0.25, -0.2) is 4.31 Å². The monoisotopic (exact) mass is 404 g/mol. The summed E-state index contributed by atoms with van der Waals surface area (Å²) in [5, 5.41) is 0.384. The largest absolute Gasteiger partial charge is 0.408 e. The molecule has 0 aliphatic rings. The predicted octanol–water partition coefficient (Wildman–Crippen LogP) is 5.29. The highest BCUT2D eigenvalue weighted by Gasteiger charge is 2.45. The second-order valence-electron chi connectivity index (χ2n) is 5.96. The van der Waals surface area contributed by atoms with E-state index in [0.29, 0.717) is 21.2 Å². The van der Waals surface area contributed by atoms with E-state index in [4.69, 9.17) is 11.6 Å². The number of alkyl halides is 3. The van der Waals surface area contributed by atoms with E-state index in [1.165, 1.54) is 33.1 Å². The standard InChI is InChI=1S/C18H20ClF3N2OS/c1-5-24(26-15-10-11(2)17(25)23(4)12(15)3)16(18(20,21)22)13-6-8-14(19)9-7-13/h6-10,16H,5H2,1-4H3/t16-/m1/s1. The summed E-state index contributed by atoms with van der Waals surface area (Å²) in [6.07, 6.45) is -4.46. The Morgan fingerprint density at radius 3 is 2.31 bits per heavy atom. The van der Waals surface area contributed by atoms with E-state index in [0.717, 1.165) is 11.9 Å². The summed E-state index contributed by atoms with van der Waals surface area (Å²) in [6.45, 7) is 5.22. The molecule has 0 aliphatic heterocycles. The number of nitrogens with zero attached hydrogens (tertiary/aromatic N) is 2. The van der Waals surface area contributed by atoms with Crippen LogP contribution in [0.4, 0.5) is 13.2 Å². The van der Waals surface area contributed by atoms with Crippen molar-refractivity contribution in [2.24, 2.45) is 7.05 Å². The molecule has 8 heteroatoms. The normalized spacial score (nSPS) is 13.3. The highest BCUT2D eigenvalue weighted by Crippen LogP contribution is 2.43. The Morgan fingerprint density at radius 2 is 1.81 bits per heavy atom. The van der Waals surface area contributed by atoms with Gasteiger partial charge in [0, 0.05) is 34.8 Å². The van der Waals surface area contributed by atoms with Gasteiger partial charge >= 0.3 is 6.18 Å². The first kappa shape index (κ1) is 20.9. The molecule has 0 bridgehead atoms. The number of hydrogen-bond donors (Lipinski definition) is 0. The van der Waals surface area contributed by atoms with E-state index in [2.05, 4.69) is 0 Å². The molecule has 0 amide bonds. The Kier molecular flexibility index (Phi) is 6.47. The molecule has 0 N–H and O–H groups in total. The second kappa shape index (κ2) is 8.06. The van der Waals surface area contributed by atoms with Gasteiger partial charge in [-0.1, -0.05) is 30.7 Å². The van der Waals surface area contributed by atoms with Crippen molar-refractivity contribution in [3.63, 3.8) is 0 Å². The van der Waals surface area contributed by atoms with Gasteiger partial charge in [0.2, 0.25) is 0 Å². The molecule has 1 aromatic carbocycles. The number of rotatable bonds is 5. The van der Waals surface area contributed by atoms with Crippen LogP contribution in [0.25, 0.3) is 0 Å². The predicted molar refractivity (Wildman–Crippen MR) is 99.6 cm³/mol. The average molecular weight is 405 g/mol. The summed E-state index contributed by atoms with van der Waals surface area (Å²) in [5.41, 5.74) is 1.09. The number of pyridine rings is 1. The minimum Gasteiger partial charge on any atom is -0.315 e. The van der Waals surface area contributed by atoms with E-state index in [1.54, 1.807) is 33.9 Å². The van der Waals surface area contributed by atoms with Crippen molar-refractivity contribution in [2.75, 3.05) is 6.54 Å². The first-order valence-corrected chi connectivity index (χ1v) is 9.15. The smallest absolute Gasteiger partial charge is 0.315 e. The summed E-state index contributed by atoms with van der Waals surface area (Å²) >= 11 is 6.82. The Bertz CT molecular complexity index is 834. The highest BCUT2D eigenvalue weighted by molar-refractivity contribution is 7.97. The van der Waals surface area contributed by atoms with Crippen LogP contribution in [0, 0.1) is 13.8 Å². The minimum atomic E-state index is -4.46. The average Bonchev–Trinajstić information content (AvgIpc) is 2.57. The lowest BCUT2D eigenvalue weighted by Gasteiger charge is -2.32. The van der Waals surface area contributed by atoms with Crippen molar-refractivity contribution >= 4 is 23.5 Å². The van der Waals surface area contributed by atoms with Crippen molar-refractivity contribution < 1.29 is 13.2 Å². The van der Waals surface area contributed by atoms with E-state index in [1.807, 2.05) is 0 Å². The van der Waals surface area contributed by atoms with E-state index < -0.39 is 12.2 Å². The quantitative estimate of drug-likeness (QED) is 0.633. The van der Waals surface area contributed by atoms with Crippen LogP contribution < -0.4 is 5.56 Å². The van der Waals surface area contributed by atoms with Gasteiger partial charge in [0.05, 0.1) is 0 Å². The van der Waals surface area contributed by atoms with Gasteiger partial charge in [-0.15, -0.1) is 0 Å². The van der Waals surface area contributed by atoms with Crippen molar-refractivity contribution in [1.29, 1.82) is 0 Å². The summed E-state index contributed by atoms with van der Waals surface area (Å²) in [6, 6.07) is 5.54. The lowest BCUT2D eigenvalue weighted by molar-refractivity contribution is -0.172. The Hall–Kier alpha value is -1.44. The molecule has 2 aromatic rings. The van der Waals surface area contributed by atoms with Crippen LogP contribution in [-0.4, -0.2) is 21.6 Å². The number of aromatic nitrogens is 1. The van der Waals surface area contributed by atoms with Crippen molar-refractivity contribution in [1.82, 2.24) is 8.87 Å². The van der Waals surface area contributed by atoms with E-state index in [-0.39, 0.29) is 17.7 Å². The minimum absolute atomic E-state index is 0.121. The molecule has 0 radical (unpaired) electrons. The lowest BCUT2D eigenvalue weighted by atomic mass is 10.1. The maximum absolute atomic E-state index is 13.8. The van der Waals surface area contributed by atoms with Crippen molar-refractivity contribution in [3.8, 4) is 0 Å². The summed E-state index contributed by atoms with van der Waals surface area (Å²) < 4.78 is 44.2. The van der Waals surface area contributed by atoms with E-state index >= 15 is 0 Å². The first-order valence-electron chi connectivity index (χ1n) is 8.00. The maximum atomic E-state index is 13.8. The fourth-order valence-electron chi connectivity index (χ4n) is 2.63. The molecule has 0 unspecified atom stereocenters.